The maximum Gasteiger partial charge on any atom is 0.333 e. The zero-order valence-corrected chi connectivity index (χ0v) is 8.36. The van der Waals surface area contributed by atoms with E-state index >= 15 is 0 Å². The van der Waals surface area contributed by atoms with Gasteiger partial charge in [-0.3, -0.25) is 0 Å². The number of alkyl halides is 6. The molecular formula is C8H6F6O4. The minimum Gasteiger partial charge on any atom is -0.422 e. The zero-order chi connectivity index (χ0) is 14.3. The second-order valence-corrected chi connectivity index (χ2v) is 2.58. The van der Waals surface area contributed by atoms with E-state index in [9.17, 15) is 35.9 Å². The van der Waals surface area contributed by atoms with E-state index in [4.69, 9.17) is 0 Å². The third-order valence-electron chi connectivity index (χ3n) is 1.21. The Hall–Kier alpha value is -1.74. The normalized spacial score (nSPS) is 14.9. The highest BCUT2D eigenvalue weighted by molar-refractivity contribution is 5.91. The summed E-state index contributed by atoms with van der Waals surface area (Å²) in [4.78, 5) is 21.1. The molecule has 2 unspecified atom stereocenters. The molecule has 0 aliphatic carbocycles. The third kappa shape index (κ3) is 6.76. The Labute approximate surface area is 96.1 Å². The first-order valence-electron chi connectivity index (χ1n) is 4.17. The fourth-order valence-electron chi connectivity index (χ4n) is 0.539. The molecule has 104 valence electrons. The Morgan fingerprint density at radius 1 is 0.722 bits per heavy atom. The van der Waals surface area contributed by atoms with Crippen molar-refractivity contribution in [2.75, 3.05) is 0 Å². The van der Waals surface area contributed by atoms with Crippen LogP contribution in [0.1, 0.15) is 0 Å². The molecule has 0 saturated carbocycles. The number of hydrogen-bond donors (Lipinski definition) is 0. The summed E-state index contributed by atoms with van der Waals surface area (Å²) in [7, 11) is 0. The molecule has 10 heteroatoms. The van der Waals surface area contributed by atoms with Crippen LogP contribution in [-0.2, 0) is 19.1 Å². The summed E-state index contributed by atoms with van der Waals surface area (Å²) in [6, 6.07) is 0. The lowest BCUT2D eigenvalue weighted by atomic mass is 10.5. The predicted molar refractivity (Wildman–Crippen MR) is 43.1 cm³/mol. The molecule has 0 aromatic rings. The molecule has 0 spiro atoms. The number of rotatable bonds is 6. The van der Waals surface area contributed by atoms with Crippen molar-refractivity contribution in [3.8, 4) is 0 Å². The van der Waals surface area contributed by atoms with Gasteiger partial charge in [0.25, 0.3) is 0 Å². The van der Waals surface area contributed by atoms with Crippen molar-refractivity contribution in [1.29, 1.82) is 0 Å². The van der Waals surface area contributed by atoms with Crippen molar-refractivity contribution in [3.63, 3.8) is 0 Å². The van der Waals surface area contributed by atoms with Crippen molar-refractivity contribution in [1.82, 2.24) is 0 Å². The number of halogens is 6. The number of carbonyl (C=O) groups is 2. The number of esters is 2. The van der Waals surface area contributed by atoms with E-state index in [-0.39, 0.29) is 12.2 Å². The Morgan fingerprint density at radius 2 is 1.00 bits per heavy atom. The molecule has 0 saturated heterocycles. The van der Waals surface area contributed by atoms with Crippen LogP contribution in [0.2, 0.25) is 0 Å². The Bertz CT molecular complexity index is 289. The SMILES string of the molecule is O=C(/C=C\C(=O)OC(F)C(F)F)OC(F)C(F)F. The summed E-state index contributed by atoms with van der Waals surface area (Å²) in [5, 5.41) is 0. The first-order chi connectivity index (χ1) is 8.23. The van der Waals surface area contributed by atoms with Crippen LogP contribution in [0, 0.1) is 0 Å². The molecular weight excluding hydrogens is 274 g/mol. The quantitative estimate of drug-likeness (QED) is 0.422. The average molecular weight is 280 g/mol. The minimum atomic E-state index is -3.58. The summed E-state index contributed by atoms with van der Waals surface area (Å²) in [5.41, 5.74) is 0. The van der Waals surface area contributed by atoms with E-state index in [1.165, 1.54) is 0 Å². The lowest BCUT2D eigenvalue weighted by Gasteiger charge is -2.07. The molecule has 0 rings (SSSR count). The Morgan fingerprint density at radius 3 is 1.22 bits per heavy atom. The second-order valence-electron chi connectivity index (χ2n) is 2.58. The van der Waals surface area contributed by atoms with E-state index in [2.05, 4.69) is 9.47 Å². The summed E-state index contributed by atoms with van der Waals surface area (Å²) in [6.45, 7) is 0. The molecule has 0 aliphatic heterocycles. The van der Waals surface area contributed by atoms with Crippen LogP contribution in [0.15, 0.2) is 12.2 Å². The van der Waals surface area contributed by atoms with Crippen molar-refractivity contribution < 1.29 is 45.4 Å². The molecule has 2 atom stereocenters. The lowest BCUT2D eigenvalue weighted by Crippen LogP contribution is -2.21. The van der Waals surface area contributed by atoms with E-state index in [0.29, 0.717) is 0 Å². The van der Waals surface area contributed by atoms with E-state index in [0.717, 1.165) is 0 Å². The summed E-state index contributed by atoms with van der Waals surface area (Å²) in [6.07, 6.45) is -13.3. The molecule has 0 fully saturated rings. The van der Waals surface area contributed by atoms with Gasteiger partial charge in [-0.05, 0) is 0 Å². The summed E-state index contributed by atoms with van der Waals surface area (Å²) in [5.74, 6) is -3.38. The van der Waals surface area contributed by atoms with Gasteiger partial charge in [0.2, 0.25) is 0 Å². The molecule has 0 amide bonds. The van der Waals surface area contributed by atoms with Gasteiger partial charge in [0, 0.05) is 12.2 Å². The van der Waals surface area contributed by atoms with Crippen LogP contribution in [0.3, 0.4) is 0 Å². The molecule has 0 radical (unpaired) electrons. The largest absolute Gasteiger partial charge is 0.422 e. The molecule has 18 heavy (non-hydrogen) atoms. The van der Waals surface area contributed by atoms with Crippen LogP contribution < -0.4 is 0 Å². The van der Waals surface area contributed by atoms with Gasteiger partial charge in [-0.1, -0.05) is 0 Å². The summed E-state index contributed by atoms with van der Waals surface area (Å²) >= 11 is 0. The molecule has 0 bridgehead atoms. The fraction of sp³-hybridized carbons (Fsp3) is 0.500. The average Bonchev–Trinajstić information content (AvgIpc) is 2.25. The van der Waals surface area contributed by atoms with Gasteiger partial charge in [0.05, 0.1) is 0 Å². The minimum absolute atomic E-state index is 0.121. The summed E-state index contributed by atoms with van der Waals surface area (Å²) < 4.78 is 77.3. The zero-order valence-electron chi connectivity index (χ0n) is 8.36. The van der Waals surface area contributed by atoms with Gasteiger partial charge in [0.1, 0.15) is 0 Å². The maximum atomic E-state index is 12.1. The van der Waals surface area contributed by atoms with Gasteiger partial charge >= 0.3 is 37.5 Å². The number of hydrogen-bond acceptors (Lipinski definition) is 4. The van der Waals surface area contributed by atoms with Crippen LogP contribution in [0.25, 0.3) is 0 Å². The van der Waals surface area contributed by atoms with E-state index < -0.39 is 37.5 Å². The number of ether oxygens (including phenoxy) is 2. The number of carbonyl (C=O) groups excluding carboxylic acids is 2. The van der Waals surface area contributed by atoms with Crippen LogP contribution >= 0.6 is 0 Å². The molecule has 0 aromatic carbocycles. The van der Waals surface area contributed by atoms with Gasteiger partial charge in [-0.2, -0.15) is 8.78 Å². The second kappa shape index (κ2) is 7.56. The van der Waals surface area contributed by atoms with Gasteiger partial charge in [-0.15, -0.1) is 0 Å². The van der Waals surface area contributed by atoms with Crippen LogP contribution in [-0.4, -0.2) is 37.5 Å². The maximum absolute atomic E-state index is 12.1. The van der Waals surface area contributed by atoms with Crippen molar-refractivity contribution in [3.05, 3.63) is 12.2 Å². The van der Waals surface area contributed by atoms with Gasteiger partial charge in [0.15, 0.2) is 0 Å². The van der Waals surface area contributed by atoms with Crippen LogP contribution in [0.5, 0.6) is 0 Å². The van der Waals surface area contributed by atoms with Crippen molar-refractivity contribution in [2.24, 2.45) is 0 Å². The monoisotopic (exact) mass is 280 g/mol. The van der Waals surface area contributed by atoms with Crippen molar-refractivity contribution >= 4 is 11.9 Å². The predicted octanol–water partition coefficient (Wildman–Crippen LogP) is 1.75. The third-order valence-corrected chi connectivity index (χ3v) is 1.21. The molecule has 0 N–H and O–H groups in total. The topological polar surface area (TPSA) is 52.6 Å². The molecule has 0 aliphatic rings. The lowest BCUT2D eigenvalue weighted by molar-refractivity contribution is -0.170. The van der Waals surface area contributed by atoms with Gasteiger partial charge < -0.3 is 9.47 Å². The highest BCUT2D eigenvalue weighted by atomic mass is 19.3. The fourth-order valence-corrected chi connectivity index (χ4v) is 0.539. The molecule has 0 aromatic heterocycles. The van der Waals surface area contributed by atoms with Crippen LogP contribution in [0.4, 0.5) is 26.3 Å². The highest BCUT2D eigenvalue weighted by Gasteiger charge is 2.24. The first kappa shape index (κ1) is 16.3. The smallest absolute Gasteiger partial charge is 0.333 e. The Balaban J connectivity index is 4.15. The standard InChI is InChI=1S/C8H6F6O4/c9-5(10)7(13)17-3(15)1-2-4(16)18-8(14)6(11)12/h1-2,5-8H/b2-1-. The van der Waals surface area contributed by atoms with E-state index in [1.54, 1.807) is 0 Å². The van der Waals surface area contributed by atoms with Gasteiger partial charge in [-0.25, -0.2) is 27.2 Å². The highest BCUT2D eigenvalue weighted by Crippen LogP contribution is 2.08. The molecule has 0 heterocycles. The first-order valence-corrected chi connectivity index (χ1v) is 4.17. The molecule has 4 nitrogen and oxygen atoms in total. The Kier molecular flexibility index (Phi) is 6.83. The van der Waals surface area contributed by atoms with E-state index in [1.807, 2.05) is 0 Å². The van der Waals surface area contributed by atoms with Crippen molar-refractivity contribution in [2.45, 2.75) is 25.6 Å².